The summed E-state index contributed by atoms with van der Waals surface area (Å²) < 4.78 is 0. The van der Waals surface area contributed by atoms with Gasteiger partial charge in [-0.3, -0.25) is 15.1 Å². The fourth-order valence-electron chi connectivity index (χ4n) is 1.16. The van der Waals surface area contributed by atoms with Gasteiger partial charge in [0, 0.05) is 11.8 Å². The van der Waals surface area contributed by atoms with Crippen molar-refractivity contribution in [1.29, 1.82) is 0 Å². The third-order valence-electron chi connectivity index (χ3n) is 1.91. The zero-order valence-electron chi connectivity index (χ0n) is 7.80. The van der Waals surface area contributed by atoms with Gasteiger partial charge in [-0.05, 0) is 13.0 Å². The Morgan fingerprint density at radius 2 is 2.43 bits per heavy atom. The second-order valence-electron chi connectivity index (χ2n) is 2.88. The van der Waals surface area contributed by atoms with Crippen LogP contribution in [0.2, 0.25) is 0 Å². The third kappa shape index (κ3) is 1.77. The molecule has 0 saturated heterocycles. The Hall–Kier alpha value is -1.75. The van der Waals surface area contributed by atoms with Gasteiger partial charge in [-0.1, -0.05) is 6.08 Å². The van der Waals surface area contributed by atoms with Crippen molar-refractivity contribution in [3.63, 3.8) is 0 Å². The van der Waals surface area contributed by atoms with Gasteiger partial charge in [-0.2, -0.15) is 0 Å². The van der Waals surface area contributed by atoms with E-state index in [1.165, 1.54) is 12.3 Å². The second kappa shape index (κ2) is 3.97. The Kier molecular flexibility index (Phi) is 2.93. The molecule has 0 amide bonds. The van der Waals surface area contributed by atoms with Gasteiger partial charge in [-0.25, -0.2) is 0 Å². The highest BCUT2D eigenvalue weighted by atomic mass is 16.6. The van der Waals surface area contributed by atoms with E-state index in [-0.39, 0.29) is 11.4 Å². The number of nitrogens with two attached hydrogens (primary N) is 1. The minimum Gasteiger partial charge on any atom is -0.319 e. The van der Waals surface area contributed by atoms with Crippen LogP contribution in [0.15, 0.2) is 24.9 Å². The van der Waals surface area contributed by atoms with Crippen LogP contribution >= 0.6 is 0 Å². The Labute approximate surface area is 81.4 Å². The maximum absolute atomic E-state index is 10.7. The van der Waals surface area contributed by atoms with Crippen LogP contribution in [-0.4, -0.2) is 9.91 Å². The lowest BCUT2D eigenvalue weighted by Gasteiger charge is -2.07. The molecule has 0 bridgehead atoms. The van der Waals surface area contributed by atoms with Crippen molar-refractivity contribution in [3.05, 3.63) is 46.3 Å². The number of hydrogen-bond acceptors (Lipinski definition) is 4. The van der Waals surface area contributed by atoms with E-state index in [1.807, 2.05) is 0 Å². The molecule has 1 aromatic heterocycles. The number of hydrogen-bond donors (Lipinski definition) is 1. The van der Waals surface area contributed by atoms with Crippen LogP contribution in [-0.2, 0) is 0 Å². The molecule has 0 fully saturated rings. The quantitative estimate of drug-likeness (QED) is 0.448. The molecule has 2 N–H and O–H groups in total. The summed E-state index contributed by atoms with van der Waals surface area (Å²) in [5.74, 6) is 0. The molecule has 0 aromatic carbocycles. The number of aryl methyl sites for hydroxylation is 1. The van der Waals surface area contributed by atoms with Crippen LogP contribution in [0.4, 0.5) is 5.69 Å². The fourth-order valence-corrected chi connectivity index (χ4v) is 1.16. The number of pyridine rings is 1. The standard InChI is InChI=1S/C9H11N3O2/c1-3-7(10)8-9(12(13)14)6(2)4-5-11-8/h3-5,7H,1,10H2,2H3. The summed E-state index contributed by atoms with van der Waals surface area (Å²) in [6.07, 6.45) is 2.93. The summed E-state index contributed by atoms with van der Waals surface area (Å²) in [7, 11) is 0. The van der Waals surface area contributed by atoms with Crippen molar-refractivity contribution in [2.24, 2.45) is 5.73 Å². The first-order valence-electron chi connectivity index (χ1n) is 4.06. The predicted octanol–water partition coefficient (Wildman–Crippen LogP) is 1.48. The summed E-state index contributed by atoms with van der Waals surface area (Å²) in [5, 5.41) is 10.7. The van der Waals surface area contributed by atoms with Gasteiger partial charge >= 0.3 is 0 Å². The van der Waals surface area contributed by atoms with Crippen LogP contribution < -0.4 is 5.73 Å². The van der Waals surface area contributed by atoms with Gasteiger partial charge in [0.1, 0.15) is 5.69 Å². The molecule has 14 heavy (non-hydrogen) atoms. The van der Waals surface area contributed by atoms with Crippen molar-refractivity contribution in [2.45, 2.75) is 13.0 Å². The molecule has 5 heteroatoms. The van der Waals surface area contributed by atoms with Crippen molar-refractivity contribution in [2.75, 3.05) is 0 Å². The summed E-state index contributed by atoms with van der Waals surface area (Å²) in [4.78, 5) is 14.2. The molecule has 1 rings (SSSR count). The number of nitro groups is 1. The zero-order valence-corrected chi connectivity index (χ0v) is 7.80. The topological polar surface area (TPSA) is 82.0 Å². The lowest BCUT2D eigenvalue weighted by atomic mass is 10.1. The van der Waals surface area contributed by atoms with Gasteiger partial charge in [0.05, 0.1) is 11.0 Å². The van der Waals surface area contributed by atoms with Crippen molar-refractivity contribution >= 4 is 5.69 Å². The monoisotopic (exact) mass is 193 g/mol. The minimum absolute atomic E-state index is 0.0279. The van der Waals surface area contributed by atoms with Gasteiger partial charge in [0.2, 0.25) is 0 Å². The molecule has 5 nitrogen and oxygen atoms in total. The molecule has 0 aliphatic heterocycles. The SMILES string of the molecule is C=CC(N)c1nccc(C)c1[N+](=O)[O-]. The van der Waals surface area contributed by atoms with Crippen LogP contribution in [0, 0.1) is 17.0 Å². The first-order chi connectivity index (χ1) is 6.57. The lowest BCUT2D eigenvalue weighted by molar-refractivity contribution is -0.386. The first-order valence-corrected chi connectivity index (χ1v) is 4.06. The molecule has 0 aliphatic rings. The van der Waals surface area contributed by atoms with Crippen molar-refractivity contribution in [3.8, 4) is 0 Å². The highest BCUT2D eigenvalue weighted by molar-refractivity contribution is 5.45. The van der Waals surface area contributed by atoms with Gasteiger partial charge in [0.25, 0.3) is 5.69 Å². The van der Waals surface area contributed by atoms with E-state index in [0.29, 0.717) is 5.56 Å². The van der Waals surface area contributed by atoms with E-state index in [0.717, 1.165) is 0 Å². The van der Waals surface area contributed by atoms with E-state index in [4.69, 9.17) is 5.73 Å². The molecule has 1 atom stereocenters. The molecule has 1 heterocycles. The van der Waals surface area contributed by atoms with E-state index < -0.39 is 11.0 Å². The first kappa shape index (κ1) is 10.3. The maximum atomic E-state index is 10.7. The van der Waals surface area contributed by atoms with E-state index in [9.17, 15) is 10.1 Å². The average molecular weight is 193 g/mol. The third-order valence-corrected chi connectivity index (χ3v) is 1.91. The zero-order chi connectivity index (χ0) is 10.7. The van der Waals surface area contributed by atoms with Crippen molar-refractivity contribution in [1.82, 2.24) is 4.98 Å². The molecule has 0 spiro atoms. The van der Waals surface area contributed by atoms with E-state index in [1.54, 1.807) is 13.0 Å². The minimum atomic E-state index is -0.602. The Morgan fingerprint density at radius 1 is 1.79 bits per heavy atom. The predicted molar refractivity (Wildman–Crippen MR) is 52.8 cm³/mol. The van der Waals surface area contributed by atoms with Gasteiger partial charge < -0.3 is 5.73 Å². The molecule has 1 aromatic rings. The van der Waals surface area contributed by atoms with E-state index >= 15 is 0 Å². The second-order valence-corrected chi connectivity index (χ2v) is 2.88. The number of rotatable bonds is 3. The Morgan fingerprint density at radius 3 is 2.93 bits per heavy atom. The highest BCUT2D eigenvalue weighted by Crippen LogP contribution is 2.25. The highest BCUT2D eigenvalue weighted by Gasteiger charge is 2.21. The van der Waals surface area contributed by atoms with Crippen LogP contribution in [0.25, 0.3) is 0 Å². The number of aromatic nitrogens is 1. The normalized spacial score (nSPS) is 12.1. The Balaban J connectivity index is 3.35. The summed E-state index contributed by atoms with van der Waals surface area (Å²) >= 11 is 0. The summed E-state index contributed by atoms with van der Waals surface area (Å²) in [5.41, 5.74) is 6.40. The van der Waals surface area contributed by atoms with Gasteiger partial charge in [0.15, 0.2) is 0 Å². The van der Waals surface area contributed by atoms with Crippen LogP contribution in [0.5, 0.6) is 0 Å². The summed E-state index contributed by atoms with van der Waals surface area (Å²) in [6, 6.07) is 0.979. The molecule has 1 unspecified atom stereocenters. The average Bonchev–Trinajstić information content (AvgIpc) is 2.15. The summed E-state index contributed by atoms with van der Waals surface area (Å²) in [6.45, 7) is 5.13. The smallest absolute Gasteiger partial charge is 0.295 e. The fraction of sp³-hybridized carbons (Fsp3) is 0.222. The van der Waals surface area contributed by atoms with Crippen LogP contribution in [0.3, 0.4) is 0 Å². The lowest BCUT2D eigenvalue weighted by Crippen LogP contribution is -2.12. The number of nitrogens with zero attached hydrogens (tertiary/aromatic N) is 2. The molecule has 0 radical (unpaired) electrons. The largest absolute Gasteiger partial charge is 0.319 e. The van der Waals surface area contributed by atoms with Gasteiger partial charge in [-0.15, -0.1) is 6.58 Å². The molecular formula is C9H11N3O2. The van der Waals surface area contributed by atoms with Crippen LogP contribution in [0.1, 0.15) is 17.3 Å². The maximum Gasteiger partial charge on any atom is 0.295 e. The van der Waals surface area contributed by atoms with Crippen molar-refractivity contribution < 1.29 is 4.92 Å². The molecule has 74 valence electrons. The molecule has 0 aliphatic carbocycles. The molecule has 0 saturated carbocycles. The molecular weight excluding hydrogens is 182 g/mol. The van der Waals surface area contributed by atoms with E-state index in [2.05, 4.69) is 11.6 Å². The Bertz CT molecular complexity index is 376.